The first kappa shape index (κ1) is 12.8. The van der Waals surface area contributed by atoms with Gasteiger partial charge in [-0.15, -0.1) is 0 Å². The molecule has 2 aliphatic rings. The van der Waals surface area contributed by atoms with Crippen molar-refractivity contribution >= 4 is 5.91 Å². The molecule has 0 saturated carbocycles. The fraction of sp³-hybridized carbons (Fsp3) is 0.923. The molecule has 2 saturated heterocycles. The van der Waals surface area contributed by atoms with Crippen LogP contribution in [0, 0.1) is 5.92 Å². The lowest BCUT2D eigenvalue weighted by molar-refractivity contribution is -0.124. The molecular weight excluding hydrogens is 214 g/mol. The number of hydrogen-bond acceptors (Lipinski definition) is 3. The molecular formula is C13H25N3O. The van der Waals surface area contributed by atoms with Gasteiger partial charge in [0.25, 0.3) is 0 Å². The van der Waals surface area contributed by atoms with Crippen molar-refractivity contribution in [1.29, 1.82) is 0 Å². The van der Waals surface area contributed by atoms with E-state index >= 15 is 0 Å². The minimum Gasteiger partial charge on any atom is -0.353 e. The Morgan fingerprint density at radius 2 is 2.29 bits per heavy atom. The van der Waals surface area contributed by atoms with Gasteiger partial charge in [0.05, 0.1) is 6.04 Å². The third-order valence-corrected chi connectivity index (χ3v) is 4.17. The van der Waals surface area contributed by atoms with Crippen LogP contribution in [0.25, 0.3) is 0 Å². The zero-order valence-corrected chi connectivity index (χ0v) is 11.0. The van der Waals surface area contributed by atoms with Crippen LogP contribution < -0.4 is 10.6 Å². The summed E-state index contributed by atoms with van der Waals surface area (Å²) in [6, 6.07) is 0.574. The molecule has 2 aliphatic heterocycles. The van der Waals surface area contributed by atoms with E-state index in [1.165, 1.54) is 25.8 Å². The molecule has 2 rings (SSSR count). The molecule has 2 heterocycles. The molecule has 2 fully saturated rings. The van der Waals surface area contributed by atoms with Crippen LogP contribution in [-0.2, 0) is 4.79 Å². The van der Waals surface area contributed by atoms with E-state index in [2.05, 4.69) is 29.5 Å². The second-order valence-corrected chi connectivity index (χ2v) is 5.66. The highest BCUT2D eigenvalue weighted by molar-refractivity contribution is 5.81. The molecule has 0 spiro atoms. The number of carbonyl (C=O) groups excluding carboxylic acids is 1. The summed E-state index contributed by atoms with van der Waals surface area (Å²) in [7, 11) is 2.14. The average Bonchev–Trinajstić information content (AvgIpc) is 2.72. The van der Waals surface area contributed by atoms with Gasteiger partial charge in [-0.3, -0.25) is 4.79 Å². The molecule has 0 aromatic heterocycles. The minimum absolute atomic E-state index is 0.0328. The van der Waals surface area contributed by atoms with Gasteiger partial charge in [-0.05, 0) is 51.7 Å². The third kappa shape index (κ3) is 3.42. The number of nitrogens with one attached hydrogen (secondary N) is 2. The summed E-state index contributed by atoms with van der Waals surface area (Å²) in [4.78, 5) is 14.4. The van der Waals surface area contributed by atoms with Crippen LogP contribution in [0.3, 0.4) is 0 Å². The Morgan fingerprint density at radius 3 is 2.94 bits per heavy atom. The average molecular weight is 239 g/mol. The highest BCUT2D eigenvalue weighted by atomic mass is 16.2. The number of hydrogen-bond donors (Lipinski definition) is 2. The van der Waals surface area contributed by atoms with Crippen molar-refractivity contribution in [2.75, 3.05) is 26.7 Å². The monoisotopic (exact) mass is 239 g/mol. The van der Waals surface area contributed by atoms with E-state index in [1.807, 2.05) is 0 Å². The Hall–Kier alpha value is -0.610. The predicted molar refractivity (Wildman–Crippen MR) is 68.9 cm³/mol. The highest BCUT2D eigenvalue weighted by Gasteiger charge is 2.26. The molecule has 4 nitrogen and oxygen atoms in total. The Labute approximate surface area is 104 Å². The van der Waals surface area contributed by atoms with Gasteiger partial charge in [0.2, 0.25) is 5.91 Å². The summed E-state index contributed by atoms with van der Waals surface area (Å²) >= 11 is 0. The lowest BCUT2D eigenvalue weighted by atomic mass is 9.94. The predicted octanol–water partition coefficient (Wildman–Crippen LogP) is 0.585. The number of amides is 1. The molecule has 0 bridgehead atoms. The molecule has 4 heteroatoms. The van der Waals surface area contributed by atoms with Crippen LogP contribution in [0.4, 0.5) is 0 Å². The Kier molecular flexibility index (Phi) is 4.40. The largest absolute Gasteiger partial charge is 0.353 e. The maximum Gasteiger partial charge on any atom is 0.237 e. The summed E-state index contributed by atoms with van der Waals surface area (Å²) in [6.07, 6.45) is 4.64. The Balaban J connectivity index is 1.73. The smallest absolute Gasteiger partial charge is 0.237 e. The summed E-state index contributed by atoms with van der Waals surface area (Å²) in [5.74, 6) is 0.859. The first-order valence-corrected chi connectivity index (χ1v) is 6.88. The van der Waals surface area contributed by atoms with Crippen LogP contribution in [0.1, 0.15) is 32.6 Å². The number of likely N-dealkylation sites (N-methyl/N-ethyl adjacent to an activating group) is 1. The fourth-order valence-corrected chi connectivity index (χ4v) is 2.89. The maximum absolute atomic E-state index is 12.0. The molecule has 17 heavy (non-hydrogen) atoms. The second-order valence-electron chi connectivity index (χ2n) is 5.66. The molecule has 3 unspecified atom stereocenters. The Morgan fingerprint density at radius 1 is 1.47 bits per heavy atom. The van der Waals surface area contributed by atoms with Crippen molar-refractivity contribution in [1.82, 2.24) is 15.5 Å². The van der Waals surface area contributed by atoms with Gasteiger partial charge in [0.1, 0.15) is 0 Å². The summed E-state index contributed by atoms with van der Waals surface area (Å²) < 4.78 is 0. The zero-order chi connectivity index (χ0) is 12.3. The summed E-state index contributed by atoms with van der Waals surface area (Å²) in [5, 5.41) is 6.41. The van der Waals surface area contributed by atoms with Gasteiger partial charge in [-0.2, -0.15) is 0 Å². The topological polar surface area (TPSA) is 44.4 Å². The SMILES string of the molecule is CC1CCNC(C(=O)NCC2CCCN2C)C1. The van der Waals surface area contributed by atoms with Gasteiger partial charge in [0.15, 0.2) is 0 Å². The van der Waals surface area contributed by atoms with E-state index < -0.39 is 0 Å². The summed E-state index contributed by atoms with van der Waals surface area (Å²) in [5.41, 5.74) is 0. The van der Waals surface area contributed by atoms with E-state index in [-0.39, 0.29) is 11.9 Å². The van der Waals surface area contributed by atoms with Crippen LogP contribution in [0.15, 0.2) is 0 Å². The lowest BCUT2D eigenvalue weighted by Crippen LogP contribution is -2.50. The van der Waals surface area contributed by atoms with Crippen LogP contribution >= 0.6 is 0 Å². The highest BCUT2D eigenvalue weighted by Crippen LogP contribution is 2.16. The van der Waals surface area contributed by atoms with Gasteiger partial charge in [0, 0.05) is 12.6 Å². The number of carbonyl (C=O) groups is 1. The Bertz CT molecular complexity index is 269. The molecule has 0 aliphatic carbocycles. The van der Waals surface area contributed by atoms with Gasteiger partial charge in [-0.1, -0.05) is 6.92 Å². The summed E-state index contributed by atoms with van der Waals surface area (Å²) in [6.45, 7) is 5.18. The first-order chi connectivity index (χ1) is 8.16. The van der Waals surface area contributed by atoms with Crippen molar-refractivity contribution in [2.24, 2.45) is 5.92 Å². The van der Waals surface area contributed by atoms with E-state index in [9.17, 15) is 4.79 Å². The van der Waals surface area contributed by atoms with Gasteiger partial charge >= 0.3 is 0 Å². The van der Waals surface area contributed by atoms with Crippen molar-refractivity contribution in [3.05, 3.63) is 0 Å². The molecule has 1 amide bonds. The van der Waals surface area contributed by atoms with Crippen LogP contribution in [-0.4, -0.2) is 49.6 Å². The molecule has 98 valence electrons. The van der Waals surface area contributed by atoms with E-state index in [1.54, 1.807) is 0 Å². The second kappa shape index (κ2) is 5.83. The van der Waals surface area contributed by atoms with E-state index in [0.717, 1.165) is 19.5 Å². The van der Waals surface area contributed by atoms with E-state index in [0.29, 0.717) is 12.0 Å². The molecule has 0 radical (unpaired) electrons. The standard InChI is InChI=1S/C13H25N3O/c1-10-5-6-14-12(8-10)13(17)15-9-11-4-3-7-16(11)2/h10-12,14H,3-9H2,1-2H3,(H,15,17). The minimum atomic E-state index is 0.0328. The fourth-order valence-electron chi connectivity index (χ4n) is 2.89. The maximum atomic E-state index is 12.0. The molecule has 0 aromatic rings. The first-order valence-electron chi connectivity index (χ1n) is 6.88. The van der Waals surface area contributed by atoms with Crippen molar-refractivity contribution in [3.8, 4) is 0 Å². The van der Waals surface area contributed by atoms with Crippen molar-refractivity contribution in [3.63, 3.8) is 0 Å². The van der Waals surface area contributed by atoms with Crippen molar-refractivity contribution < 1.29 is 4.79 Å². The number of likely N-dealkylation sites (tertiary alicyclic amines) is 1. The van der Waals surface area contributed by atoms with Gasteiger partial charge in [-0.25, -0.2) is 0 Å². The molecule has 2 N–H and O–H groups in total. The number of piperidine rings is 1. The number of nitrogens with zero attached hydrogens (tertiary/aromatic N) is 1. The third-order valence-electron chi connectivity index (χ3n) is 4.17. The molecule has 3 atom stereocenters. The van der Waals surface area contributed by atoms with Gasteiger partial charge < -0.3 is 15.5 Å². The quantitative estimate of drug-likeness (QED) is 0.757. The van der Waals surface area contributed by atoms with E-state index in [4.69, 9.17) is 0 Å². The zero-order valence-electron chi connectivity index (χ0n) is 11.0. The number of rotatable bonds is 3. The lowest BCUT2D eigenvalue weighted by Gasteiger charge is -2.28. The molecule has 0 aromatic carbocycles. The van der Waals surface area contributed by atoms with Crippen LogP contribution in [0.2, 0.25) is 0 Å². The van der Waals surface area contributed by atoms with Crippen molar-refractivity contribution in [2.45, 2.75) is 44.7 Å². The normalized spacial score (nSPS) is 34.8. The van der Waals surface area contributed by atoms with Crippen LogP contribution in [0.5, 0.6) is 0 Å².